The predicted molar refractivity (Wildman–Crippen MR) is 58.8 cm³/mol. The highest BCUT2D eigenvalue weighted by atomic mass is 32.2. The SMILES string of the molecule is O=S(=O)(NCc1cc(F)cc(F)c1)C1CNC1. The lowest BCUT2D eigenvalue weighted by atomic mass is 10.2. The second-order valence-corrected chi connectivity index (χ2v) is 5.97. The molecule has 1 aromatic rings. The molecule has 0 bridgehead atoms. The summed E-state index contributed by atoms with van der Waals surface area (Å²) in [5.74, 6) is -1.44. The van der Waals surface area contributed by atoms with Gasteiger partial charge in [-0.3, -0.25) is 0 Å². The molecule has 4 nitrogen and oxygen atoms in total. The van der Waals surface area contributed by atoms with Crippen molar-refractivity contribution in [1.82, 2.24) is 10.0 Å². The minimum atomic E-state index is -3.40. The van der Waals surface area contributed by atoms with Gasteiger partial charge >= 0.3 is 0 Å². The number of hydrogen-bond acceptors (Lipinski definition) is 3. The highest BCUT2D eigenvalue weighted by molar-refractivity contribution is 7.90. The van der Waals surface area contributed by atoms with Gasteiger partial charge in [0.25, 0.3) is 0 Å². The Morgan fingerprint density at radius 2 is 1.82 bits per heavy atom. The fourth-order valence-corrected chi connectivity index (χ4v) is 2.77. The van der Waals surface area contributed by atoms with Crippen LogP contribution in [0.3, 0.4) is 0 Å². The topological polar surface area (TPSA) is 58.2 Å². The number of nitrogens with one attached hydrogen (secondary N) is 2. The molecule has 0 aliphatic carbocycles. The Bertz CT molecular complexity index is 495. The minimum absolute atomic E-state index is 0.104. The Labute approximate surface area is 98.1 Å². The van der Waals surface area contributed by atoms with E-state index in [0.29, 0.717) is 13.1 Å². The van der Waals surface area contributed by atoms with Gasteiger partial charge in [0.1, 0.15) is 16.9 Å². The number of rotatable bonds is 4. The van der Waals surface area contributed by atoms with E-state index in [1.807, 2.05) is 0 Å². The van der Waals surface area contributed by atoms with Crippen molar-refractivity contribution in [2.24, 2.45) is 0 Å². The largest absolute Gasteiger partial charge is 0.314 e. The van der Waals surface area contributed by atoms with Crippen molar-refractivity contribution in [2.45, 2.75) is 11.8 Å². The maximum absolute atomic E-state index is 12.9. The van der Waals surface area contributed by atoms with Crippen LogP contribution in [-0.2, 0) is 16.6 Å². The lowest BCUT2D eigenvalue weighted by molar-refractivity contribution is 0.486. The zero-order chi connectivity index (χ0) is 12.5. The standard InChI is InChI=1S/C10H12F2N2O2S/c11-8-1-7(2-9(12)3-8)4-14-17(15,16)10-5-13-6-10/h1-3,10,13-14H,4-6H2. The second kappa shape index (κ2) is 4.67. The molecule has 2 N–H and O–H groups in total. The van der Waals surface area contributed by atoms with Gasteiger partial charge in [-0.15, -0.1) is 0 Å². The summed E-state index contributed by atoms with van der Waals surface area (Å²) in [6.07, 6.45) is 0. The van der Waals surface area contributed by atoms with Gasteiger partial charge in [0.05, 0.1) is 0 Å². The summed E-state index contributed by atoms with van der Waals surface area (Å²) in [5.41, 5.74) is 0.262. The van der Waals surface area contributed by atoms with E-state index in [2.05, 4.69) is 10.0 Å². The van der Waals surface area contributed by atoms with Crippen LogP contribution in [-0.4, -0.2) is 26.8 Å². The van der Waals surface area contributed by atoms with Crippen molar-refractivity contribution in [3.63, 3.8) is 0 Å². The first-order valence-corrected chi connectivity index (χ1v) is 6.66. The van der Waals surface area contributed by atoms with E-state index in [4.69, 9.17) is 0 Å². The average Bonchev–Trinajstić information content (AvgIpc) is 2.09. The zero-order valence-electron chi connectivity index (χ0n) is 8.91. The molecule has 2 rings (SSSR count). The third kappa shape index (κ3) is 2.99. The van der Waals surface area contributed by atoms with Crippen LogP contribution in [0.1, 0.15) is 5.56 Å². The number of halogens is 2. The molecule has 0 atom stereocenters. The van der Waals surface area contributed by atoms with Crippen molar-refractivity contribution in [2.75, 3.05) is 13.1 Å². The maximum atomic E-state index is 12.9. The Morgan fingerprint density at radius 1 is 1.24 bits per heavy atom. The van der Waals surface area contributed by atoms with Crippen LogP contribution < -0.4 is 10.0 Å². The molecule has 0 aromatic heterocycles. The predicted octanol–water partition coefficient (Wildman–Crippen LogP) is 0.356. The minimum Gasteiger partial charge on any atom is -0.314 e. The molecule has 0 amide bonds. The zero-order valence-corrected chi connectivity index (χ0v) is 9.73. The summed E-state index contributed by atoms with van der Waals surface area (Å²) >= 11 is 0. The van der Waals surface area contributed by atoms with Crippen LogP contribution in [0, 0.1) is 11.6 Å². The van der Waals surface area contributed by atoms with E-state index in [0.717, 1.165) is 18.2 Å². The molecule has 1 aliphatic rings. The van der Waals surface area contributed by atoms with E-state index in [1.54, 1.807) is 0 Å². The highest BCUT2D eigenvalue weighted by Crippen LogP contribution is 2.10. The molecule has 1 aliphatic heterocycles. The molecule has 0 saturated carbocycles. The first-order valence-electron chi connectivity index (χ1n) is 5.11. The molecule has 7 heteroatoms. The van der Waals surface area contributed by atoms with Gasteiger partial charge in [-0.25, -0.2) is 21.9 Å². The quantitative estimate of drug-likeness (QED) is 0.823. The van der Waals surface area contributed by atoms with Crippen LogP contribution in [0.4, 0.5) is 8.78 Å². The average molecular weight is 262 g/mol. The van der Waals surface area contributed by atoms with Gasteiger partial charge in [-0.2, -0.15) is 0 Å². The van der Waals surface area contributed by atoms with Crippen LogP contribution >= 0.6 is 0 Å². The lowest BCUT2D eigenvalue weighted by Gasteiger charge is -2.26. The molecule has 1 aromatic carbocycles. The molecule has 0 spiro atoms. The third-order valence-corrected chi connectivity index (χ3v) is 4.34. The van der Waals surface area contributed by atoms with Gasteiger partial charge in [-0.05, 0) is 17.7 Å². The number of hydrogen-bond donors (Lipinski definition) is 2. The Hall–Kier alpha value is -1.05. The van der Waals surface area contributed by atoms with E-state index >= 15 is 0 Å². The van der Waals surface area contributed by atoms with Crippen LogP contribution in [0.15, 0.2) is 18.2 Å². The van der Waals surface area contributed by atoms with Crippen molar-refractivity contribution in [1.29, 1.82) is 0 Å². The molecular formula is C10H12F2N2O2S. The van der Waals surface area contributed by atoms with Crippen LogP contribution in [0.25, 0.3) is 0 Å². The Balaban J connectivity index is 2.02. The smallest absolute Gasteiger partial charge is 0.217 e. The summed E-state index contributed by atoms with van der Waals surface area (Å²) in [6, 6.07) is 2.95. The first kappa shape index (κ1) is 12.4. The van der Waals surface area contributed by atoms with Gasteiger partial charge < -0.3 is 5.32 Å². The summed E-state index contributed by atoms with van der Waals surface area (Å²) in [7, 11) is -3.40. The maximum Gasteiger partial charge on any atom is 0.217 e. The molecule has 1 saturated heterocycles. The molecule has 1 heterocycles. The van der Waals surface area contributed by atoms with Gasteiger partial charge in [-0.1, -0.05) is 0 Å². The summed E-state index contributed by atoms with van der Waals surface area (Å²) in [4.78, 5) is 0. The Morgan fingerprint density at radius 3 is 2.29 bits per heavy atom. The number of sulfonamides is 1. The fraction of sp³-hybridized carbons (Fsp3) is 0.400. The summed E-state index contributed by atoms with van der Waals surface area (Å²) in [6.45, 7) is 0.715. The van der Waals surface area contributed by atoms with E-state index in [-0.39, 0.29) is 12.1 Å². The molecule has 0 radical (unpaired) electrons. The second-order valence-electron chi connectivity index (χ2n) is 3.92. The summed E-state index contributed by atoms with van der Waals surface area (Å²) in [5, 5.41) is 2.39. The third-order valence-electron chi connectivity index (χ3n) is 2.58. The lowest BCUT2D eigenvalue weighted by Crippen LogP contribution is -2.54. The Kier molecular flexibility index (Phi) is 3.41. The molecular weight excluding hydrogens is 250 g/mol. The highest BCUT2D eigenvalue weighted by Gasteiger charge is 2.30. The van der Waals surface area contributed by atoms with Crippen molar-refractivity contribution >= 4 is 10.0 Å². The summed E-state index contributed by atoms with van der Waals surface area (Å²) < 4.78 is 51.3. The van der Waals surface area contributed by atoms with Crippen LogP contribution in [0.5, 0.6) is 0 Å². The molecule has 0 unspecified atom stereocenters. The van der Waals surface area contributed by atoms with Crippen molar-refractivity contribution < 1.29 is 17.2 Å². The molecule has 1 fully saturated rings. The number of benzene rings is 1. The normalized spacial score (nSPS) is 16.8. The van der Waals surface area contributed by atoms with E-state index in [1.165, 1.54) is 0 Å². The van der Waals surface area contributed by atoms with E-state index < -0.39 is 26.9 Å². The monoisotopic (exact) mass is 262 g/mol. The van der Waals surface area contributed by atoms with Gasteiger partial charge in [0.2, 0.25) is 10.0 Å². The van der Waals surface area contributed by atoms with Gasteiger partial charge in [0.15, 0.2) is 0 Å². The van der Waals surface area contributed by atoms with E-state index in [9.17, 15) is 17.2 Å². The first-order chi connectivity index (χ1) is 7.97. The van der Waals surface area contributed by atoms with Gasteiger partial charge in [0, 0.05) is 25.7 Å². The van der Waals surface area contributed by atoms with Crippen molar-refractivity contribution in [3.8, 4) is 0 Å². The molecule has 94 valence electrons. The van der Waals surface area contributed by atoms with Crippen molar-refractivity contribution in [3.05, 3.63) is 35.4 Å². The fourth-order valence-electron chi connectivity index (χ4n) is 1.50. The molecule has 17 heavy (non-hydrogen) atoms. The van der Waals surface area contributed by atoms with Crippen LogP contribution in [0.2, 0.25) is 0 Å².